The molecule has 2 atom stereocenters. The number of nitrogens with zero attached hydrogens (tertiary/aromatic N) is 3. The minimum absolute atomic E-state index is 0.0187. The number of carbonyl (C=O) groups is 3. The van der Waals surface area contributed by atoms with E-state index in [0.717, 1.165) is 27.8 Å². The molecule has 1 fully saturated rings. The second-order valence-corrected chi connectivity index (χ2v) is 15.5. The van der Waals surface area contributed by atoms with Gasteiger partial charge in [0.1, 0.15) is 18.0 Å². The number of hydrogen-bond acceptors (Lipinski definition) is 8. The van der Waals surface area contributed by atoms with Crippen LogP contribution in [0.1, 0.15) is 87.0 Å². The number of fused-ring (bicyclic) bond motifs is 3. The van der Waals surface area contributed by atoms with Crippen molar-refractivity contribution in [1.82, 2.24) is 19.8 Å². The quantitative estimate of drug-likeness (QED) is 0.194. The summed E-state index contributed by atoms with van der Waals surface area (Å²) in [6.45, 7) is 12.4. The van der Waals surface area contributed by atoms with Crippen molar-refractivity contribution in [3.05, 3.63) is 118 Å². The van der Waals surface area contributed by atoms with Crippen LogP contribution < -0.4 is 16.3 Å². The molecule has 2 amide bonds. The highest BCUT2D eigenvalue weighted by molar-refractivity contribution is 6.03. The van der Waals surface area contributed by atoms with Gasteiger partial charge in [-0.2, -0.15) is 4.98 Å². The number of alkyl carbamates (subject to hydrolysis) is 1. The van der Waals surface area contributed by atoms with Gasteiger partial charge in [-0.05, 0) is 78.6 Å². The predicted octanol–water partition coefficient (Wildman–Crippen LogP) is 6.29. The summed E-state index contributed by atoms with van der Waals surface area (Å²) in [4.78, 5) is 58.2. The first kappa shape index (κ1) is 36.5. The summed E-state index contributed by atoms with van der Waals surface area (Å²) in [7, 11) is 0. The van der Waals surface area contributed by atoms with Crippen molar-refractivity contribution in [2.24, 2.45) is 0 Å². The zero-order chi connectivity index (χ0) is 37.2. The molecule has 11 heteroatoms. The number of carbonyl (C=O) groups excluding carboxylic acids is 3. The number of nitrogens with one attached hydrogen (secondary N) is 2. The number of ether oxygens (including phenoxy) is 2. The summed E-state index contributed by atoms with van der Waals surface area (Å²) in [5.41, 5.74) is 4.86. The van der Waals surface area contributed by atoms with Gasteiger partial charge in [-0.25, -0.2) is 9.59 Å². The van der Waals surface area contributed by atoms with Gasteiger partial charge in [0, 0.05) is 36.8 Å². The molecular formula is C41H47N5O6. The van der Waals surface area contributed by atoms with Crippen LogP contribution in [0, 0.1) is 0 Å². The van der Waals surface area contributed by atoms with E-state index in [1.54, 1.807) is 45.2 Å². The van der Waals surface area contributed by atoms with E-state index in [-0.39, 0.29) is 54.8 Å². The normalized spacial score (nSPS) is 17.3. The van der Waals surface area contributed by atoms with Crippen LogP contribution in [0.15, 0.2) is 89.9 Å². The summed E-state index contributed by atoms with van der Waals surface area (Å²) < 4.78 is 12.8. The van der Waals surface area contributed by atoms with Crippen molar-refractivity contribution in [1.29, 1.82) is 0 Å². The minimum atomic E-state index is -0.666. The lowest BCUT2D eigenvalue weighted by atomic mass is 9.87. The van der Waals surface area contributed by atoms with Crippen molar-refractivity contribution in [3.8, 4) is 11.1 Å². The van der Waals surface area contributed by atoms with Crippen molar-refractivity contribution in [2.45, 2.75) is 77.0 Å². The fourth-order valence-electron chi connectivity index (χ4n) is 7.03. The Morgan fingerprint density at radius 1 is 0.865 bits per heavy atom. The number of aromatic nitrogens is 2. The molecule has 52 heavy (non-hydrogen) atoms. The van der Waals surface area contributed by atoms with Crippen molar-refractivity contribution in [3.63, 3.8) is 0 Å². The second-order valence-electron chi connectivity index (χ2n) is 15.5. The number of hydrogen-bond donors (Lipinski definition) is 2. The van der Waals surface area contributed by atoms with Gasteiger partial charge in [0.25, 0.3) is 5.91 Å². The van der Waals surface area contributed by atoms with Crippen LogP contribution in [0.5, 0.6) is 0 Å². The summed E-state index contributed by atoms with van der Waals surface area (Å²) in [5, 5.41) is 5.61. The SMILES string of the molecule is CC(C)(C)OC(=O)CN1C[C@H](n2ccc(NC(=O)c3ccc(C(C)(C)C)cc3)nc2=O)C[C@@H]1CNC(=O)OCC1c2ccccc2-c2ccccc21. The van der Waals surface area contributed by atoms with Crippen LogP contribution >= 0.6 is 0 Å². The highest BCUT2D eigenvalue weighted by Crippen LogP contribution is 2.44. The Morgan fingerprint density at radius 3 is 2.10 bits per heavy atom. The number of amides is 2. The lowest BCUT2D eigenvalue weighted by Gasteiger charge is -2.26. The van der Waals surface area contributed by atoms with E-state index in [9.17, 15) is 19.2 Å². The molecule has 11 nitrogen and oxygen atoms in total. The van der Waals surface area contributed by atoms with Crippen LogP contribution in [0.2, 0.25) is 0 Å². The zero-order valence-electron chi connectivity index (χ0n) is 30.6. The molecule has 3 aromatic carbocycles. The maximum Gasteiger partial charge on any atom is 0.407 e. The third-order valence-electron chi connectivity index (χ3n) is 9.56. The Kier molecular flexibility index (Phi) is 10.4. The van der Waals surface area contributed by atoms with E-state index >= 15 is 0 Å². The van der Waals surface area contributed by atoms with Gasteiger partial charge in [-0.15, -0.1) is 0 Å². The van der Waals surface area contributed by atoms with Gasteiger partial charge in [0.05, 0.1) is 12.6 Å². The van der Waals surface area contributed by atoms with Crippen molar-refractivity contribution >= 4 is 23.8 Å². The van der Waals surface area contributed by atoms with E-state index in [1.807, 2.05) is 41.3 Å². The molecule has 272 valence electrons. The Balaban J connectivity index is 1.10. The number of likely N-dealkylation sites (tertiary alicyclic amines) is 1. The van der Waals surface area contributed by atoms with Gasteiger partial charge in [0.2, 0.25) is 0 Å². The molecule has 0 bridgehead atoms. The minimum Gasteiger partial charge on any atom is -0.459 e. The molecule has 1 aromatic heterocycles. The van der Waals surface area contributed by atoms with Gasteiger partial charge >= 0.3 is 17.8 Å². The molecule has 2 heterocycles. The zero-order valence-corrected chi connectivity index (χ0v) is 30.6. The Bertz CT molecular complexity index is 1960. The monoisotopic (exact) mass is 705 g/mol. The second kappa shape index (κ2) is 14.7. The average Bonchev–Trinajstić information content (AvgIpc) is 3.63. The summed E-state index contributed by atoms with van der Waals surface area (Å²) in [5.74, 6) is -0.700. The fraction of sp³-hybridized carbons (Fsp3) is 0.390. The first-order valence-electron chi connectivity index (χ1n) is 17.7. The molecule has 2 aliphatic rings. The first-order chi connectivity index (χ1) is 24.7. The van der Waals surface area contributed by atoms with Crippen LogP contribution in [0.3, 0.4) is 0 Å². The smallest absolute Gasteiger partial charge is 0.407 e. The molecule has 1 saturated heterocycles. The lowest BCUT2D eigenvalue weighted by molar-refractivity contribution is -0.156. The maximum absolute atomic E-state index is 13.3. The first-order valence-corrected chi connectivity index (χ1v) is 17.7. The molecule has 1 aliphatic heterocycles. The third-order valence-corrected chi connectivity index (χ3v) is 9.56. The lowest BCUT2D eigenvalue weighted by Crippen LogP contribution is -2.43. The fourth-order valence-corrected chi connectivity index (χ4v) is 7.03. The van der Waals surface area contributed by atoms with Crippen LogP contribution in [-0.2, 0) is 19.7 Å². The standard InChI is InChI=1S/C41H47N5O6/c1-40(2,3)27-17-15-26(16-18-27)37(48)43-35-19-20-46(38(49)44-35)29-21-28(45(23-29)24-36(47)52-41(4,5)6)22-42-39(50)51-25-34-32-13-9-7-11-30(32)31-12-8-10-14-33(31)34/h7-20,28-29,34H,21-25H2,1-6H3,(H,42,50)(H,43,44,48,49)/t28-,29-/m1/s1. The molecule has 0 saturated carbocycles. The molecule has 1 aliphatic carbocycles. The van der Waals surface area contributed by atoms with Gasteiger partial charge in [-0.1, -0.05) is 81.4 Å². The molecule has 6 rings (SSSR count). The maximum atomic E-state index is 13.3. The van der Waals surface area contributed by atoms with Gasteiger partial charge in [-0.3, -0.25) is 19.1 Å². The molecule has 0 spiro atoms. The number of rotatable bonds is 9. The van der Waals surface area contributed by atoms with E-state index in [0.29, 0.717) is 18.5 Å². The summed E-state index contributed by atoms with van der Waals surface area (Å²) >= 11 is 0. The largest absolute Gasteiger partial charge is 0.459 e. The molecule has 2 N–H and O–H groups in total. The Hall–Kier alpha value is -5.29. The summed E-state index contributed by atoms with van der Waals surface area (Å²) in [6, 6.07) is 24.6. The molecular weight excluding hydrogens is 658 g/mol. The topological polar surface area (TPSA) is 132 Å². The number of esters is 1. The van der Waals surface area contributed by atoms with E-state index in [2.05, 4.69) is 60.7 Å². The number of anilines is 1. The van der Waals surface area contributed by atoms with E-state index in [1.165, 1.54) is 4.57 Å². The van der Waals surface area contributed by atoms with Crippen molar-refractivity contribution < 1.29 is 23.9 Å². The average molecular weight is 706 g/mol. The summed E-state index contributed by atoms with van der Waals surface area (Å²) in [6.07, 6.45) is 1.50. The predicted molar refractivity (Wildman–Crippen MR) is 200 cm³/mol. The Morgan fingerprint density at radius 2 is 1.50 bits per heavy atom. The Labute approximate surface area is 304 Å². The van der Waals surface area contributed by atoms with E-state index < -0.39 is 23.4 Å². The van der Waals surface area contributed by atoms with Crippen LogP contribution in [0.4, 0.5) is 10.6 Å². The molecule has 4 aromatic rings. The van der Waals surface area contributed by atoms with Crippen molar-refractivity contribution in [2.75, 3.05) is 31.6 Å². The highest BCUT2D eigenvalue weighted by atomic mass is 16.6. The third kappa shape index (κ3) is 8.42. The molecule has 0 unspecified atom stereocenters. The van der Waals surface area contributed by atoms with E-state index in [4.69, 9.17) is 9.47 Å². The number of benzene rings is 3. The van der Waals surface area contributed by atoms with Gasteiger partial charge < -0.3 is 20.1 Å². The van der Waals surface area contributed by atoms with Crippen LogP contribution in [0.25, 0.3) is 11.1 Å². The highest BCUT2D eigenvalue weighted by Gasteiger charge is 2.36. The van der Waals surface area contributed by atoms with Crippen LogP contribution in [-0.4, -0.2) is 70.3 Å². The molecule has 0 radical (unpaired) electrons. The van der Waals surface area contributed by atoms with Gasteiger partial charge in [0.15, 0.2) is 0 Å².